The smallest absolute Gasteiger partial charge is 0.156 e. The third-order valence-electron chi connectivity index (χ3n) is 4.44. The second-order valence-electron chi connectivity index (χ2n) is 5.82. The van der Waals surface area contributed by atoms with Crippen LogP contribution in [0.2, 0.25) is 0 Å². The van der Waals surface area contributed by atoms with E-state index in [1.54, 1.807) is 6.92 Å². The molecule has 3 aromatic carbocycles. The van der Waals surface area contributed by atoms with Crippen LogP contribution in [0, 0.1) is 0 Å². The Labute approximate surface area is 144 Å². The number of benzene rings is 3. The predicted molar refractivity (Wildman–Crippen MR) is 107 cm³/mol. The molecule has 0 radical (unpaired) electrons. The Hall–Kier alpha value is -2.37. The van der Waals surface area contributed by atoms with Gasteiger partial charge in [-0.15, -0.1) is 0 Å². The molecule has 120 valence electrons. The Morgan fingerprint density at radius 1 is 0.583 bits per heavy atom. The van der Waals surface area contributed by atoms with E-state index in [0.717, 1.165) is 5.29 Å². The van der Waals surface area contributed by atoms with Gasteiger partial charge in [-0.2, -0.15) is 0 Å². The molecule has 0 fully saturated rings. The first kappa shape index (κ1) is 16.5. The molecule has 3 aromatic rings. The summed E-state index contributed by atoms with van der Waals surface area (Å²) in [6, 6.07) is 31.3. The molecule has 0 aliphatic rings. The highest BCUT2D eigenvalue weighted by molar-refractivity contribution is 7.96. The van der Waals surface area contributed by atoms with Gasteiger partial charge in [0.25, 0.3) is 0 Å². The fourth-order valence-corrected chi connectivity index (χ4v) is 7.61. The van der Waals surface area contributed by atoms with Gasteiger partial charge in [-0.1, -0.05) is 91.0 Å². The van der Waals surface area contributed by atoms with E-state index in [0.29, 0.717) is 0 Å². The molecule has 0 N–H and O–H groups in total. The maximum atomic E-state index is 12.5. The molecule has 1 nitrogen and oxygen atoms in total. The number of hydrogen-bond donors (Lipinski definition) is 0. The van der Waals surface area contributed by atoms with Crippen LogP contribution in [0.4, 0.5) is 0 Å². The number of hydrogen-bond acceptors (Lipinski definition) is 1. The number of carbonyl (C=O) groups excluding carboxylic acids is 1. The zero-order valence-corrected chi connectivity index (χ0v) is 14.9. The van der Waals surface area contributed by atoms with E-state index in [9.17, 15) is 4.79 Å². The van der Waals surface area contributed by atoms with Crippen LogP contribution in [0.25, 0.3) is 0 Å². The minimum atomic E-state index is -2.13. The summed E-state index contributed by atoms with van der Waals surface area (Å²) in [6.45, 7) is 1.55. The molecule has 0 spiro atoms. The van der Waals surface area contributed by atoms with Crippen LogP contribution in [0.1, 0.15) is 13.8 Å². The molecule has 0 aromatic heterocycles. The summed E-state index contributed by atoms with van der Waals surface area (Å²) in [5.74, 6) is 0.153. The van der Waals surface area contributed by atoms with Crippen molar-refractivity contribution in [1.82, 2.24) is 0 Å². The van der Waals surface area contributed by atoms with Gasteiger partial charge in [0.05, 0.1) is 0 Å². The number of rotatable bonds is 4. The fraction of sp³-hybridized carbons (Fsp3) is 0.0909. The van der Waals surface area contributed by atoms with Gasteiger partial charge in [-0.25, -0.2) is 0 Å². The van der Waals surface area contributed by atoms with E-state index in [1.165, 1.54) is 15.9 Å². The Morgan fingerprint density at radius 2 is 0.875 bits per heavy atom. The van der Waals surface area contributed by atoms with Crippen molar-refractivity contribution in [2.24, 2.45) is 0 Å². The standard InChI is InChI=1S/C22H21OP/c1-18(23)19(2)24(20-12-6-3-7-13-20,21-14-8-4-9-15-21)22-16-10-5-11-17-22/h3-17H,1-2H3. The monoisotopic (exact) mass is 332 g/mol. The Balaban J connectivity index is 2.53. The van der Waals surface area contributed by atoms with Crippen LogP contribution >= 0.6 is 6.89 Å². The van der Waals surface area contributed by atoms with E-state index in [4.69, 9.17) is 0 Å². The fourth-order valence-electron chi connectivity index (χ4n) is 3.22. The normalized spacial score (nSPS) is 11.1. The van der Waals surface area contributed by atoms with Gasteiger partial charge in [-0.05, 0) is 36.6 Å². The van der Waals surface area contributed by atoms with Crippen LogP contribution in [0.15, 0.2) is 91.0 Å². The van der Waals surface area contributed by atoms with Crippen LogP contribution in [-0.2, 0) is 4.79 Å². The second kappa shape index (κ2) is 7.03. The van der Waals surface area contributed by atoms with Crippen molar-refractivity contribution in [3.63, 3.8) is 0 Å². The molecule has 0 aliphatic carbocycles. The molecule has 0 saturated carbocycles. The first-order valence-electron chi connectivity index (χ1n) is 8.08. The molecular weight excluding hydrogens is 311 g/mol. The largest absolute Gasteiger partial charge is 0.295 e. The number of ketones is 1. The third-order valence-corrected chi connectivity index (χ3v) is 8.98. The van der Waals surface area contributed by atoms with Gasteiger partial charge in [-0.3, -0.25) is 4.79 Å². The van der Waals surface area contributed by atoms with Crippen molar-refractivity contribution in [1.29, 1.82) is 0 Å². The molecule has 24 heavy (non-hydrogen) atoms. The lowest BCUT2D eigenvalue weighted by Crippen LogP contribution is -2.31. The zero-order valence-electron chi connectivity index (χ0n) is 14.0. The number of carbonyl (C=O) groups is 1. The van der Waals surface area contributed by atoms with Crippen LogP contribution < -0.4 is 15.9 Å². The molecule has 2 heteroatoms. The summed E-state index contributed by atoms with van der Waals surface area (Å²) in [5, 5.41) is 4.59. The van der Waals surface area contributed by atoms with Gasteiger partial charge < -0.3 is 0 Å². The highest BCUT2D eigenvalue weighted by Gasteiger charge is 2.29. The molecule has 3 rings (SSSR count). The first-order chi connectivity index (χ1) is 11.7. The summed E-state index contributed by atoms with van der Waals surface area (Å²) in [6.07, 6.45) is 0. The van der Waals surface area contributed by atoms with E-state index in [1.807, 2.05) is 25.1 Å². The molecule has 0 unspecified atom stereocenters. The van der Waals surface area contributed by atoms with Gasteiger partial charge >= 0.3 is 0 Å². The van der Waals surface area contributed by atoms with Gasteiger partial charge in [0.15, 0.2) is 5.78 Å². The van der Waals surface area contributed by atoms with Crippen molar-refractivity contribution in [2.45, 2.75) is 13.8 Å². The summed E-state index contributed by atoms with van der Waals surface area (Å²) in [5.41, 5.74) is 0. The van der Waals surface area contributed by atoms with Crippen molar-refractivity contribution in [2.75, 3.05) is 0 Å². The second-order valence-corrected chi connectivity index (χ2v) is 9.38. The van der Waals surface area contributed by atoms with Crippen LogP contribution in [-0.4, -0.2) is 11.1 Å². The Morgan fingerprint density at radius 3 is 1.12 bits per heavy atom. The van der Waals surface area contributed by atoms with Gasteiger partial charge in [0, 0.05) is 5.29 Å². The maximum absolute atomic E-state index is 12.5. The molecule has 0 heterocycles. The minimum absolute atomic E-state index is 0.153. The Kier molecular flexibility index (Phi) is 4.83. The SMILES string of the molecule is CC(=O)C(C)=P(c1ccccc1)(c1ccccc1)c1ccccc1. The van der Waals surface area contributed by atoms with Crippen molar-refractivity contribution in [3.8, 4) is 0 Å². The highest BCUT2D eigenvalue weighted by Crippen LogP contribution is 2.46. The lowest BCUT2D eigenvalue weighted by molar-refractivity contribution is -0.110. The van der Waals surface area contributed by atoms with E-state index >= 15 is 0 Å². The molecule has 0 aliphatic heterocycles. The maximum Gasteiger partial charge on any atom is 0.156 e. The van der Waals surface area contributed by atoms with Crippen LogP contribution in [0.3, 0.4) is 0 Å². The lowest BCUT2D eigenvalue weighted by Gasteiger charge is -2.31. The van der Waals surface area contributed by atoms with Crippen LogP contribution in [0.5, 0.6) is 0 Å². The van der Waals surface area contributed by atoms with E-state index in [2.05, 4.69) is 72.8 Å². The average molecular weight is 332 g/mol. The third kappa shape index (κ3) is 2.77. The Bertz CT molecular complexity index is 778. The molecule has 0 amide bonds. The molecule has 0 atom stereocenters. The zero-order chi connectivity index (χ0) is 17.0. The molecular formula is C22H21OP. The summed E-state index contributed by atoms with van der Waals surface area (Å²) in [7, 11) is 0. The van der Waals surface area contributed by atoms with Crippen molar-refractivity contribution in [3.05, 3.63) is 91.0 Å². The van der Waals surface area contributed by atoms with E-state index < -0.39 is 6.89 Å². The van der Waals surface area contributed by atoms with Gasteiger partial charge in [0.2, 0.25) is 0 Å². The number of Topliss-reactive ketones (excluding diaryl/α,β-unsaturated/α-hetero) is 1. The summed E-state index contributed by atoms with van der Waals surface area (Å²) >= 11 is 0. The van der Waals surface area contributed by atoms with Crippen molar-refractivity contribution < 1.29 is 4.79 Å². The van der Waals surface area contributed by atoms with Crippen molar-refractivity contribution >= 4 is 33.9 Å². The van der Waals surface area contributed by atoms with E-state index in [-0.39, 0.29) is 5.78 Å². The molecule has 0 bridgehead atoms. The van der Waals surface area contributed by atoms with Gasteiger partial charge in [0.1, 0.15) is 0 Å². The molecule has 0 saturated heterocycles. The summed E-state index contributed by atoms with van der Waals surface area (Å²) in [4.78, 5) is 12.5. The minimum Gasteiger partial charge on any atom is -0.295 e. The summed E-state index contributed by atoms with van der Waals surface area (Å²) < 4.78 is 0. The first-order valence-corrected chi connectivity index (χ1v) is 9.87. The highest BCUT2D eigenvalue weighted by atomic mass is 31.2. The topological polar surface area (TPSA) is 17.1 Å². The quantitative estimate of drug-likeness (QED) is 0.665. The predicted octanol–water partition coefficient (Wildman–Crippen LogP) is 3.76. The average Bonchev–Trinajstić information content (AvgIpc) is 2.65. The lowest BCUT2D eigenvalue weighted by atomic mass is 10.3.